The largest absolute Gasteiger partial charge is 0.461 e. The molecule has 0 saturated heterocycles. The van der Waals surface area contributed by atoms with Crippen LogP contribution in [0.15, 0.2) is 30.3 Å². The maximum Gasteiger partial charge on any atom is 0.407 e. The lowest BCUT2D eigenvalue weighted by Gasteiger charge is -2.23. The second-order valence-corrected chi connectivity index (χ2v) is 8.87. The quantitative estimate of drug-likeness (QED) is 0.372. The first-order valence-electron chi connectivity index (χ1n) is 10.9. The molecular weight excluding hydrogens is 396 g/mol. The predicted octanol–water partition coefficient (Wildman–Crippen LogP) is 4.09. The van der Waals surface area contributed by atoms with E-state index in [9.17, 15) is 14.4 Å². The van der Waals surface area contributed by atoms with Gasteiger partial charge in [-0.2, -0.15) is 0 Å². The maximum atomic E-state index is 12.6. The number of hydrogen-bond acceptors (Lipinski definition) is 6. The molecule has 0 heterocycles. The van der Waals surface area contributed by atoms with Crippen molar-refractivity contribution in [2.75, 3.05) is 20.6 Å². The highest BCUT2D eigenvalue weighted by molar-refractivity contribution is 5.84. The van der Waals surface area contributed by atoms with Crippen LogP contribution in [0.25, 0.3) is 0 Å². The zero-order chi connectivity index (χ0) is 23.3. The number of carbonyl (C=O) groups excluding carboxylic acids is 3. The van der Waals surface area contributed by atoms with Gasteiger partial charge in [0.15, 0.2) is 0 Å². The number of alkyl carbamates (subject to hydrolysis) is 1. The summed E-state index contributed by atoms with van der Waals surface area (Å²) in [6.07, 6.45) is 2.92. The van der Waals surface area contributed by atoms with Crippen LogP contribution in [0.2, 0.25) is 0 Å². The molecule has 0 radical (unpaired) electrons. The van der Waals surface area contributed by atoms with Crippen LogP contribution in [0, 0.1) is 0 Å². The maximum absolute atomic E-state index is 12.6. The zero-order valence-electron chi connectivity index (χ0n) is 19.6. The molecule has 0 bridgehead atoms. The molecule has 0 aliphatic rings. The van der Waals surface area contributed by atoms with Crippen molar-refractivity contribution in [2.45, 2.75) is 77.5 Å². The number of nitrogens with one attached hydrogen (secondary N) is 1. The first-order chi connectivity index (χ1) is 14.6. The Morgan fingerprint density at radius 1 is 1.00 bits per heavy atom. The third kappa shape index (κ3) is 12.8. The second kappa shape index (κ2) is 13.8. The van der Waals surface area contributed by atoms with E-state index in [0.717, 1.165) is 18.4 Å². The predicted molar refractivity (Wildman–Crippen MR) is 121 cm³/mol. The number of carbonyl (C=O) groups is 3. The number of rotatable bonds is 13. The van der Waals surface area contributed by atoms with E-state index in [1.807, 2.05) is 70.1 Å². The Hall–Kier alpha value is -2.41. The minimum atomic E-state index is -0.513. The Labute approximate surface area is 186 Å². The minimum Gasteiger partial charge on any atom is -0.461 e. The number of ether oxygens (including phenoxy) is 2. The van der Waals surface area contributed by atoms with Crippen molar-refractivity contribution in [3.63, 3.8) is 0 Å². The second-order valence-electron chi connectivity index (χ2n) is 8.87. The van der Waals surface area contributed by atoms with Gasteiger partial charge in [0.05, 0.1) is 6.04 Å². The summed E-state index contributed by atoms with van der Waals surface area (Å²) in [5.41, 5.74) is 0.432. The molecule has 31 heavy (non-hydrogen) atoms. The molecule has 0 fully saturated rings. The Kier molecular flexibility index (Phi) is 11.9. The number of Topliss-reactive ketones (excluding diaryl/α,β-unsaturated/α-hetero) is 1. The fourth-order valence-electron chi connectivity index (χ4n) is 3.06. The van der Waals surface area contributed by atoms with Crippen molar-refractivity contribution in [2.24, 2.45) is 0 Å². The summed E-state index contributed by atoms with van der Waals surface area (Å²) < 4.78 is 10.5. The van der Waals surface area contributed by atoms with Crippen molar-refractivity contribution in [1.82, 2.24) is 10.2 Å². The number of benzene rings is 1. The van der Waals surface area contributed by atoms with Gasteiger partial charge in [0.25, 0.3) is 0 Å². The van der Waals surface area contributed by atoms with Crippen LogP contribution in [0.3, 0.4) is 0 Å². The van der Waals surface area contributed by atoms with Gasteiger partial charge >= 0.3 is 12.1 Å². The van der Waals surface area contributed by atoms with Gasteiger partial charge in [-0.05, 0) is 66.1 Å². The molecule has 1 aromatic rings. The van der Waals surface area contributed by atoms with Gasteiger partial charge in [-0.25, -0.2) is 4.79 Å². The van der Waals surface area contributed by atoms with E-state index in [1.165, 1.54) is 0 Å². The number of amides is 1. The normalized spacial score (nSPS) is 12.3. The molecule has 0 aliphatic carbocycles. The van der Waals surface area contributed by atoms with Crippen LogP contribution >= 0.6 is 0 Å². The number of likely N-dealkylation sites (N-methyl/N-ethyl adjacent to an activating group) is 1. The van der Waals surface area contributed by atoms with Crippen LogP contribution < -0.4 is 5.32 Å². The lowest BCUT2D eigenvalue weighted by molar-refractivity contribution is -0.145. The molecule has 1 N–H and O–H groups in total. The summed E-state index contributed by atoms with van der Waals surface area (Å²) in [5, 5.41) is 2.73. The monoisotopic (exact) mass is 434 g/mol. The van der Waals surface area contributed by atoms with Crippen LogP contribution in [0.1, 0.15) is 64.9 Å². The molecule has 174 valence electrons. The summed E-state index contributed by atoms with van der Waals surface area (Å²) in [6.45, 7) is 6.23. The van der Waals surface area contributed by atoms with Gasteiger partial charge in [-0.1, -0.05) is 30.3 Å². The van der Waals surface area contributed by atoms with Gasteiger partial charge in [0.1, 0.15) is 18.0 Å². The molecule has 7 nitrogen and oxygen atoms in total. The molecule has 0 spiro atoms. The van der Waals surface area contributed by atoms with Crippen molar-refractivity contribution in [3.05, 3.63) is 35.9 Å². The fraction of sp³-hybridized carbons (Fsp3) is 0.625. The lowest BCUT2D eigenvalue weighted by Crippen LogP contribution is -2.36. The highest BCUT2D eigenvalue weighted by Gasteiger charge is 2.20. The topological polar surface area (TPSA) is 84.9 Å². The third-order valence-electron chi connectivity index (χ3n) is 4.61. The Bertz CT molecular complexity index is 683. The highest BCUT2D eigenvalue weighted by atomic mass is 16.6. The van der Waals surface area contributed by atoms with Gasteiger partial charge in [-0.3, -0.25) is 14.5 Å². The van der Waals surface area contributed by atoms with Crippen LogP contribution in [-0.2, 0) is 25.7 Å². The number of nitrogens with zero attached hydrogens (tertiary/aromatic N) is 1. The van der Waals surface area contributed by atoms with Crippen LogP contribution in [0.5, 0.6) is 0 Å². The Morgan fingerprint density at radius 3 is 2.29 bits per heavy atom. The van der Waals surface area contributed by atoms with Gasteiger partial charge in [-0.15, -0.1) is 0 Å². The summed E-state index contributed by atoms with van der Waals surface area (Å²) in [5.74, 6) is -0.160. The van der Waals surface area contributed by atoms with E-state index in [-0.39, 0.29) is 30.8 Å². The molecule has 1 unspecified atom stereocenters. The van der Waals surface area contributed by atoms with E-state index in [0.29, 0.717) is 25.8 Å². The summed E-state index contributed by atoms with van der Waals surface area (Å²) in [6, 6.07) is 9.33. The first-order valence-corrected chi connectivity index (χ1v) is 10.9. The molecule has 0 aliphatic heterocycles. The van der Waals surface area contributed by atoms with E-state index < -0.39 is 11.7 Å². The molecule has 1 aromatic carbocycles. The molecule has 1 atom stereocenters. The van der Waals surface area contributed by atoms with Crippen molar-refractivity contribution < 1.29 is 23.9 Å². The van der Waals surface area contributed by atoms with Gasteiger partial charge < -0.3 is 14.8 Å². The van der Waals surface area contributed by atoms with Crippen molar-refractivity contribution >= 4 is 17.8 Å². The van der Waals surface area contributed by atoms with Crippen LogP contribution in [-0.4, -0.2) is 55.0 Å². The SMILES string of the molecule is CN(C)C(CCCCNC(=O)OC(C)(C)C)C(=O)CCCC(=O)OCc1ccccc1. The van der Waals surface area contributed by atoms with Crippen LogP contribution in [0.4, 0.5) is 4.79 Å². The average molecular weight is 435 g/mol. The average Bonchev–Trinajstić information content (AvgIpc) is 2.68. The number of ketones is 1. The van der Waals surface area contributed by atoms with Gasteiger partial charge in [0.2, 0.25) is 0 Å². The smallest absolute Gasteiger partial charge is 0.407 e. The van der Waals surface area contributed by atoms with E-state index in [1.54, 1.807) is 0 Å². The van der Waals surface area contributed by atoms with E-state index >= 15 is 0 Å². The summed E-state index contributed by atoms with van der Waals surface area (Å²) in [7, 11) is 3.77. The molecule has 1 rings (SSSR count). The molecule has 0 saturated carbocycles. The number of hydrogen-bond donors (Lipinski definition) is 1. The Balaban J connectivity index is 2.23. The standard InChI is InChI=1S/C24H38N2O5/c1-24(2,3)31-23(29)25-17-10-9-14-20(26(4)5)21(27)15-11-16-22(28)30-18-19-12-7-6-8-13-19/h6-8,12-13,20H,9-11,14-18H2,1-5H3,(H,25,29). The van der Waals surface area contributed by atoms with Gasteiger partial charge in [0, 0.05) is 19.4 Å². The lowest BCUT2D eigenvalue weighted by atomic mass is 10.00. The summed E-state index contributed by atoms with van der Waals surface area (Å²) >= 11 is 0. The first kappa shape index (κ1) is 26.6. The van der Waals surface area contributed by atoms with E-state index in [4.69, 9.17) is 9.47 Å². The highest BCUT2D eigenvalue weighted by Crippen LogP contribution is 2.12. The Morgan fingerprint density at radius 2 is 1.68 bits per heavy atom. The van der Waals surface area contributed by atoms with Crippen molar-refractivity contribution in [1.29, 1.82) is 0 Å². The minimum absolute atomic E-state index is 0.126. The number of esters is 1. The molecule has 0 aromatic heterocycles. The third-order valence-corrected chi connectivity index (χ3v) is 4.61. The summed E-state index contributed by atoms with van der Waals surface area (Å²) in [4.78, 5) is 38.0. The fourth-order valence-corrected chi connectivity index (χ4v) is 3.06. The molecule has 1 amide bonds. The number of unbranched alkanes of at least 4 members (excludes halogenated alkanes) is 1. The molecule has 7 heteroatoms. The van der Waals surface area contributed by atoms with E-state index in [2.05, 4.69) is 5.32 Å². The zero-order valence-corrected chi connectivity index (χ0v) is 19.6. The molecular formula is C24H38N2O5. The van der Waals surface area contributed by atoms with Crippen molar-refractivity contribution in [3.8, 4) is 0 Å².